The van der Waals surface area contributed by atoms with Gasteiger partial charge in [-0.25, -0.2) is 9.59 Å². The minimum atomic E-state index is -1.23. The zero-order chi connectivity index (χ0) is 22.7. The number of amides is 2. The number of hydrogen-bond acceptors (Lipinski definition) is 6. The molecule has 0 aliphatic heterocycles. The minimum absolute atomic E-state index is 0.0597. The van der Waals surface area contributed by atoms with E-state index in [2.05, 4.69) is 27.9 Å². The summed E-state index contributed by atoms with van der Waals surface area (Å²) >= 11 is 0. The lowest BCUT2D eigenvalue weighted by molar-refractivity contribution is -0.122. The number of ether oxygens (including phenoxy) is 1. The van der Waals surface area contributed by atoms with Gasteiger partial charge in [0, 0.05) is 12.0 Å². The van der Waals surface area contributed by atoms with Gasteiger partial charge in [-0.05, 0) is 29.2 Å². The normalized spacial score (nSPS) is 13.0. The highest BCUT2D eigenvalue weighted by Crippen LogP contribution is 2.44. The predicted octanol–water partition coefficient (Wildman–Crippen LogP) is 2.92. The molecule has 2 aromatic carbocycles. The first kappa shape index (κ1) is 21.1. The second-order valence-electron chi connectivity index (χ2n) is 7.39. The average molecular weight is 435 g/mol. The van der Waals surface area contributed by atoms with Crippen molar-refractivity contribution in [3.8, 4) is 11.1 Å². The number of benzene rings is 2. The zero-order valence-electron chi connectivity index (χ0n) is 17.2. The van der Waals surface area contributed by atoms with Crippen molar-refractivity contribution in [1.29, 1.82) is 0 Å². The Morgan fingerprint density at radius 2 is 1.72 bits per heavy atom. The Balaban J connectivity index is 1.30. The number of nitrogens with zero attached hydrogens (tertiary/aromatic N) is 1. The molecule has 32 heavy (non-hydrogen) atoms. The van der Waals surface area contributed by atoms with E-state index in [0.29, 0.717) is 0 Å². The molecule has 1 aliphatic rings. The maximum absolute atomic E-state index is 12.3. The largest absolute Gasteiger partial charge is 0.476 e. The second-order valence-corrected chi connectivity index (χ2v) is 7.39. The smallest absolute Gasteiger partial charge is 0.407 e. The summed E-state index contributed by atoms with van der Waals surface area (Å²) in [6.45, 7) is 1.60. The van der Waals surface area contributed by atoms with Gasteiger partial charge in [-0.2, -0.15) is 0 Å². The molecule has 0 fully saturated rings. The van der Waals surface area contributed by atoms with E-state index < -0.39 is 24.0 Å². The summed E-state index contributed by atoms with van der Waals surface area (Å²) in [5.41, 5.74) is 4.20. The van der Waals surface area contributed by atoms with Crippen LogP contribution >= 0.6 is 0 Å². The van der Waals surface area contributed by atoms with Gasteiger partial charge in [-0.1, -0.05) is 53.7 Å². The van der Waals surface area contributed by atoms with Crippen molar-refractivity contribution < 1.29 is 28.8 Å². The summed E-state index contributed by atoms with van der Waals surface area (Å²) < 4.78 is 10.3. The fraction of sp³-hybridized carbons (Fsp3) is 0.217. The van der Waals surface area contributed by atoms with Crippen molar-refractivity contribution in [2.75, 3.05) is 6.61 Å². The maximum Gasteiger partial charge on any atom is 0.407 e. The first-order valence-corrected chi connectivity index (χ1v) is 10.0. The monoisotopic (exact) mass is 435 g/mol. The molecule has 0 unspecified atom stereocenters. The fourth-order valence-corrected chi connectivity index (χ4v) is 3.71. The van der Waals surface area contributed by atoms with Crippen molar-refractivity contribution in [3.05, 3.63) is 77.2 Å². The topological polar surface area (TPSA) is 131 Å². The standard InChI is InChI=1S/C23H21N3O6/c1-13(21(27)24-11-14-10-20(22(28)29)26-32-14)25-23(30)31-12-19-17-8-4-2-6-15(17)16-7-3-5-9-18(16)19/h2-10,13,19H,11-12H2,1H3,(H,24,27)(H,25,30)(H,28,29)/t13-/m1/s1. The Morgan fingerprint density at radius 1 is 1.09 bits per heavy atom. The van der Waals surface area contributed by atoms with Crippen LogP contribution in [0.15, 0.2) is 59.1 Å². The molecule has 1 aromatic heterocycles. The molecule has 0 saturated heterocycles. The third kappa shape index (κ3) is 4.31. The maximum atomic E-state index is 12.3. The molecule has 0 saturated carbocycles. The Morgan fingerprint density at radius 3 is 2.31 bits per heavy atom. The summed E-state index contributed by atoms with van der Waals surface area (Å²) in [4.78, 5) is 35.3. The van der Waals surface area contributed by atoms with Crippen molar-refractivity contribution >= 4 is 18.0 Å². The predicted molar refractivity (Wildman–Crippen MR) is 113 cm³/mol. The molecule has 1 atom stereocenters. The highest BCUT2D eigenvalue weighted by molar-refractivity contribution is 5.86. The highest BCUT2D eigenvalue weighted by atomic mass is 16.5. The van der Waals surface area contributed by atoms with Crippen LogP contribution in [0.4, 0.5) is 4.79 Å². The molecule has 1 heterocycles. The first-order chi connectivity index (χ1) is 15.4. The van der Waals surface area contributed by atoms with Crippen LogP contribution in [0.1, 0.15) is 40.2 Å². The third-order valence-corrected chi connectivity index (χ3v) is 5.29. The molecule has 164 valence electrons. The molecular weight excluding hydrogens is 414 g/mol. The lowest BCUT2D eigenvalue weighted by Crippen LogP contribution is -2.44. The summed E-state index contributed by atoms with van der Waals surface area (Å²) in [6, 6.07) is 16.4. The third-order valence-electron chi connectivity index (χ3n) is 5.29. The number of rotatable bonds is 7. The number of carboxylic acids is 1. The first-order valence-electron chi connectivity index (χ1n) is 10.0. The van der Waals surface area contributed by atoms with Gasteiger partial charge in [0.15, 0.2) is 11.5 Å². The lowest BCUT2D eigenvalue weighted by atomic mass is 9.98. The molecule has 9 nitrogen and oxygen atoms in total. The Bertz CT molecular complexity index is 1130. The van der Waals surface area contributed by atoms with Crippen LogP contribution < -0.4 is 10.6 Å². The van der Waals surface area contributed by atoms with E-state index in [1.165, 1.54) is 13.0 Å². The van der Waals surface area contributed by atoms with Crippen LogP contribution in [0.2, 0.25) is 0 Å². The number of aromatic nitrogens is 1. The molecule has 2 amide bonds. The number of hydrogen-bond donors (Lipinski definition) is 3. The Kier molecular flexibility index (Phi) is 5.89. The van der Waals surface area contributed by atoms with Crippen molar-refractivity contribution in [2.24, 2.45) is 0 Å². The average Bonchev–Trinajstić information content (AvgIpc) is 3.39. The Hall–Kier alpha value is -4.14. The van der Waals surface area contributed by atoms with Crippen molar-refractivity contribution in [1.82, 2.24) is 15.8 Å². The van der Waals surface area contributed by atoms with E-state index >= 15 is 0 Å². The van der Waals surface area contributed by atoms with Gasteiger partial charge in [-0.15, -0.1) is 0 Å². The molecule has 4 rings (SSSR count). The fourth-order valence-electron chi connectivity index (χ4n) is 3.71. The van der Waals surface area contributed by atoms with Crippen LogP contribution in [-0.2, 0) is 16.1 Å². The number of carbonyl (C=O) groups excluding carboxylic acids is 2. The number of fused-ring (bicyclic) bond motifs is 3. The van der Waals surface area contributed by atoms with Gasteiger partial charge in [-0.3, -0.25) is 4.79 Å². The van der Waals surface area contributed by atoms with E-state index in [9.17, 15) is 14.4 Å². The minimum Gasteiger partial charge on any atom is -0.476 e. The summed E-state index contributed by atoms with van der Waals surface area (Å²) in [5, 5.41) is 17.2. The summed E-state index contributed by atoms with van der Waals surface area (Å²) in [5.74, 6) is -1.60. The van der Waals surface area contributed by atoms with Gasteiger partial charge in [0.25, 0.3) is 0 Å². The molecule has 0 spiro atoms. The summed E-state index contributed by atoms with van der Waals surface area (Å²) in [7, 11) is 0. The number of carbonyl (C=O) groups is 3. The van der Waals surface area contributed by atoms with Crippen molar-refractivity contribution in [3.63, 3.8) is 0 Å². The number of carboxylic acid groups (broad SMARTS) is 1. The van der Waals surface area contributed by atoms with Crippen LogP contribution in [0, 0.1) is 0 Å². The van der Waals surface area contributed by atoms with E-state index in [4.69, 9.17) is 14.4 Å². The van der Waals surface area contributed by atoms with Gasteiger partial charge < -0.3 is 25.0 Å². The lowest BCUT2D eigenvalue weighted by Gasteiger charge is -2.17. The SMILES string of the molecule is C[C@@H](NC(=O)OCC1c2ccccc2-c2ccccc21)C(=O)NCc1cc(C(=O)O)no1. The number of alkyl carbamates (subject to hydrolysis) is 1. The van der Waals surface area contributed by atoms with E-state index in [-0.39, 0.29) is 30.5 Å². The molecular formula is C23H21N3O6. The van der Waals surface area contributed by atoms with Gasteiger partial charge in [0.05, 0.1) is 6.54 Å². The van der Waals surface area contributed by atoms with Crippen molar-refractivity contribution in [2.45, 2.75) is 25.4 Å². The summed E-state index contributed by atoms with van der Waals surface area (Å²) in [6.07, 6.45) is -0.706. The van der Waals surface area contributed by atoms with Gasteiger partial charge in [0.2, 0.25) is 5.91 Å². The van der Waals surface area contributed by atoms with Crippen LogP contribution in [0.25, 0.3) is 11.1 Å². The Labute approximate surface area is 183 Å². The molecule has 0 bridgehead atoms. The molecule has 9 heteroatoms. The molecule has 3 N–H and O–H groups in total. The molecule has 1 aliphatic carbocycles. The highest BCUT2D eigenvalue weighted by Gasteiger charge is 2.29. The second kappa shape index (κ2) is 8.93. The van der Waals surface area contributed by atoms with E-state index in [1.54, 1.807) is 0 Å². The number of nitrogens with one attached hydrogen (secondary N) is 2. The van der Waals surface area contributed by atoms with Gasteiger partial charge in [0.1, 0.15) is 12.6 Å². The molecule has 0 radical (unpaired) electrons. The van der Waals surface area contributed by atoms with E-state index in [0.717, 1.165) is 22.3 Å². The van der Waals surface area contributed by atoms with Crippen LogP contribution in [0.3, 0.4) is 0 Å². The van der Waals surface area contributed by atoms with E-state index in [1.807, 2.05) is 36.4 Å². The van der Waals surface area contributed by atoms with Crippen LogP contribution in [-0.4, -0.2) is 40.9 Å². The van der Waals surface area contributed by atoms with Crippen LogP contribution in [0.5, 0.6) is 0 Å². The van der Waals surface area contributed by atoms with Gasteiger partial charge >= 0.3 is 12.1 Å². The molecule has 3 aromatic rings. The quantitative estimate of drug-likeness (QED) is 0.520. The number of aromatic carboxylic acids is 1. The zero-order valence-corrected chi connectivity index (χ0v) is 17.2.